The van der Waals surface area contributed by atoms with E-state index in [0.717, 1.165) is 6.20 Å². The minimum atomic E-state index is -3.05. The molecule has 0 bridgehead atoms. The van der Waals surface area contributed by atoms with Crippen LogP contribution in [0, 0.1) is 17.0 Å². The van der Waals surface area contributed by atoms with Crippen LogP contribution in [0.1, 0.15) is 28.0 Å². The van der Waals surface area contributed by atoms with Crippen molar-refractivity contribution in [2.45, 2.75) is 13.3 Å². The lowest BCUT2D eigenvalue weighted by atomic mass is 10.1. The van der Waals surface area contributed by atoms with Gasteiger partial charge in [-0.3, -0.25) is 19.9 Å². The van der Waals surface area contributed by atoms with Crippen molar-refractivity contribution in [2.24, 2.45) is 5.73 Å². The molecule has 0 fully saturated rings. The molecule has 1 amide bonds. The smallest absolute Gasteiger partial charge is 0.300 e. The highest BCUT2D eigenvalue weighted by atomic mass is 19.3. The molecule has 0 atom stereocenters. The summed E-state index contributed by atoms with van der Waals surface area (Å²) in [5.41, 5.74) is 2.31. The van der Waals surface area contributed by atoms with Gasteiger partial charge in [0, 0.05) is 5.69 Å². The Bertz CT molecular complexity index is 462. The number of nitrogens with zero attached hydrogens (tertiary/aromatic N) is 2. The fourth-order valence-corrected chi connectivity index (χ4v) is 1.28. The topological polar surface area (TPSA) is 99.1 Å². The second-order valence-corrected chi connectivity index (χ2v) is 2.94. The molecule has 1 aromatic heterocycles. The van der Waals surface area contributed by atoms with Crippen LogP contribution in [0.2, 0.25) is 0 Å². The van der Waals surface area contributed by atoms with Gasteiger partial charge in [0.1, 0.15) is 11.8 Å². The number of primary amides is 1. The first-order valence-electron chi connectivity index (χ1n) is 4.08. The van der Waals surface area contributed by atoms with Crippen LogP contribution in [0.25, 0.3) is 0 Å². The van der Waals surface area contributed by atoms with Crippen LogP contribution in [-0.2, 0) is 0 Å². The largest absolute Gasteiger partial charge is 0.365 e. The highest BCUT2D eigenvalue weighted by Gasteiger charge is 2.29. The van der Waals surface area contributed by atoms with Crippen molar-refractivity contribution in [2.75, 3.05) is 0 Å². The Labute approximate surface area is 88.2 Å². The average molecular weight is 231 g/mol. The van der Waals surface area contributed by atoms with E-state index in [0.29, 0.717) is 0 Å². The Morgan fingerprint density at radius 2 is 2.19 bits per heavy atom. The molecular formula is C8H7F2N3O3. The van der Waals surface area contributed by atoms with Gasteiger partial charge >= 0.3 is 5.69 Å². The molecule has 86 valence electrons. The molecule has 1 heterocycles. The summed E-state index contributed by atoms with van der Waals surface area (Å²) < 4.78 is 25.2. The highest BCUT2D eigenvalue weighted by molar-refractivity contribution is 5.98. The van der Waals surface area contributed by atoms with Crippen LogP contribution in [-0.4, -0.2) is 15.8 Å². The molecule has 1 rings (SSSR count). The highest BCUT2D eigenvalue weighted by Crippen LogP contribution is 2.30. The summed E-state index contributed by atoms with van der Waals surface area (Å²) in [7, 11) is 0. The Morgan fingerprint density at radius 3 is 2.56 bits per heavy atom. The lowest BCUT2D eigenvalue weighted by Crippen LogP contribution is -2.18. The number of halogens is 2. The van der Waals surface area contributed by atoms with Gasteiger partial charge in [0.2, 0.25) is 0 Å². The summed E-state index contributed by atoms with van der Waals surface area (Å²) in [4.78, 5) is 23.9. The molecule has 0 saturated heterocycles. The number of hydrogen-bond donors (Lipinski definition) is 1. The quantitative estimate of drug-likeness (QED) is 0.626. The monoisotopic (exact) mass is 231 g/mol. The maximum absolute atomic E-state index is 12.6. The van der Waals surface area contributed by atoms with E-state index in [1.165, 1.54) is 6.92 Å². The number of amides is 1. The molecular weight excluding hydrogens is 224 g/mol. The van der Waals surface area contributed by atoms with Crippen LogP contribution < -0.4 is 5.73 Å². The summed E-state index contributed by atoms with van der Waals surface area (Å²) in [5.74, 6) is -1.27. The van der Waals surface area contributed by atoms with Crippen LogP contribution in [0.5, 0.6) is 0 Å². The molecule has 0 unspecified atom stereocenters. The number of carbonyl (C=O) groups excluding carboxylic acids is 1. The summed E-state index contributed by atoms with van der Waals surface area (Å²) in [6, 6.07) is 0. The molecule has 0 saturated carbocycles. The number of pyridine rings is 1. The Kier molecular flexibility index (Phi) is 3.11. The number of alkyl halides is 2. The van der Waals surface area contributed by atoms with E-state index in [4.69, 9.17) is 5.73 Å². The van der Waals surface area contributed by atoms with Crippen LogP contribution in [0.4, 0.5) is 14.5 Å². The Balaban J connectivity index is 3.63. The van der Waals surface area contributed by atoms with Gasteiger partial charge in [-0.1, -0.05) is 0 Å². The van der Waals surface area contributed by atoms with Crippen molar-refractivity contribution in [3.63, 3.8) is 0 Å². The normalized spacial score (nSPS) is 10.5. The Morgan fingerprint density at radius 1 is 1.62 bits per heavy atom. The average Bonchev–Trinajstić information content (AvgIpc) is 2.15. The van der Waals surface area contributed by atoms with Crippen molar-refractivity contribution in [3.05, 3.63) is 33.1 Å². The lowest BCUT2D eigenvalue weighted by Gasteiger charge is -2.08. The minimum absolute atomic E-state index is 0.158. The summed E-state index contributed by atoms with van der Waals surface area (Å²) in [6.45, 7) is 1.22. The maximum atomic E-state index is 12.6. The third-order valence-electron chi connectivity index (χ3n) is 1.96. The number of carbonyl (C=O) groups is 1. The van der Waals surface area contributed by atoms with Crippen LogP contribution in [0.3, 0.4) is 0 Å². The standard InChI is InChI=1S/C8H7F2N3O3/c1-3-5(7(9)10)6(8(11)14)4(2-12-3)13(15)16/h2,7H,1H3,(H2,11,14). The molecule has 0 aliphatic heterocycles. The predicted octanol–water partition coefficient (Wildman–Crippen LogP) is 1.33. The first kappa shape index (κ1) is 12.0. The van der Waals surface area contributed by atoms with Gasteiger partial charge in [0.15, 0.2) is 0 Å². The van der Waals surface area contributed by atoms with Gasteiger partial charge in [-0.2, -0.15) is 0 Å². The van der Waals surface area contributed by atoms with Gasteiger partial charge in [0.05, 0.1) is 10.5 Å². The number of rotatable bonds is 3. The van der Waals surface area contributed by atoms with Gasteiger partial charge in [-0.25, -0.2) is 8.78 Å². The zero-order valence-corrected chi connectivity index (χ0v) is 8.11. The Hall–Kier alpha value is -2.12. The third kappa shape index (κ3) is 1.95. The van der Waals surface area contributed by atoms with Crippen LogP contribution in [0.15, 0.2) is 6.20 Å². The molecule has 0 radical (unpaired) electrons. The van der Waals surface area contributed by atoms with Crippen molar-refractivity contribution in [3.8, 4) is 0 Å². The number of hydrogen-bond acceptors (Lipinski definition) is 4. The van der Waals surface area contributed by atoms with E-state index in [9.17, 15) is 23.7 Å². The second-order valence-electron chi connectivity index (χ2n) is 2.94. The van der Waals surface area contributed by atoms with Crippen molar-refractivity contribution < 1.29 is 18.5 Å². The minimum Gasteiger partial charge on any atom is -0.365 e. The molecule has 16 heavy (non-hydrogen) atoms. The molecule has 6 nitrogen and oxygen atoms in total. The fraction of sp³-hybridized carbons (Fsp3) is 0.250. The first-order valence-corrected chi connectivity index (χ1v) is 4.08. The maximum Gasteiger partial charge on any atom is 0.300 e. The first-order chi connectivity index (χ1) is 7.36. The van der Waals surface area contributed by atoms with E-state index < -0.39 is 34.1 Å². The van der Waals surface area contributed by atoms with E-state index in [-0.39, 0.29) is 5.69 Å². The number of nitrogens with two attached hydrogens (primary N) is 1. The molecule has 0 aliphatic carbocycles. The SMILES string of the molecule is Cc1ncc([N+](=O)[O-])c(C(N)=O)c1C(F)F. The summed E-state index contributed by atoms with van der Waals surface area (Å²) in [6.07, 6.45) is -2.31. The molecule has 0 aliphatic rings. The van der Waals surface area contributed by atoms with Gasteiger partial charge in [0.25, 0.3) is 12.3 Å². The van der Waals surface area contributed by atoms with Gasteiger partial charge in [-0.05, 0) is 6.92 Å². The molecule has 0 aromatic carbocycles. The zero-order valence-electron chi connectivity index (χ0n) is 8.11. The molecule has 1 aromatic rings. The summed E-state index contributed by atoms with van der Waals surface area (Å²) >= 11 is 0. The fourth-order valence-electron chi connectivity index (χ4n) is 1.28. The number of aromatic nitrogens is 1. The van der Waals surface area contributed by atoms with E-state index in [1.54, 1.807) is 0 Å². The van der Waals surface area contributed by atoms with Crippen molar-refractivity contribution >= 4 is 11.6 Å². The summed E-state index contributed by atoms with van der Waals surface area (Å²) in [5, 5.41) is 10.5. The molecule has 0 spiro atoms. The van der Waals surface area contributed by atoms with Gasteiger partial charge < -0.3 is 5.73 Å². The third-order valence-corrected chi connectivity index (χ3v) is 1.96. The number of aryl methyl sites for hydroxylation is 1. The number of nitro groups is 1. The lowest BCUT2D eigenvalue weighted by molar-refractivity contribution is -0.385. The van der Waals surface area contributed by atoms with Crippen molar-refractivity contribution in [1.29, 1.82) is 0 Å². The van der Waals surface area contributed by atoms with E-state index in [2.05, 4.69) is 4.98 Å². The van der Waals surface area contributed by atoms with Crippen molar-refractivity contribution in [1.82, 2.24) is 4.98 Å². The van der Waals surface area contributed by atoms with Gasteiger partial charge in [-0.15, -0.1) is 0 Å². The second kappa shape index (κ2) is 4.17. The molecule has 2 N–H and O–H groups in total. The zero-order chi connectivity index (χ0) is 12.5. The van der Waals surface area contributed by atoms with E-state index >= 15 is 0 Å². The molecule has 8 heteroatoms. The van der Waals surface area contributed by atoms with Crippen LogP contribution >= 0.6 is 0 Å². The van der Waals surface area contributed by atoms with E-state index in [1.807, 2.05) is 0 Å². The predicted molar refractivity (Wildman–Crippen MR) is 49.1 cm³/mol.